The Morgan fingerprint density at radius 2 is 1.67 bits per heavy atom. The van der Waals surface area contributed by atoms with E-state index in [9.17, 15) is 0 Å². The standard InChI is InChI=1S/C16H33NO/c1-2-3-4-5-6-9-13-18-14-12-17-15-16-10-7-8-11-16/h16-17H,2-15H2,1H3. The number of hydrogen-bond acceptors (Lipinski definition) is 2. The largest absolute Gasteiger partial charge is 0.380 e. The fourth-order valence-corrected chi connectivity index (χ4v) is 2.75. The van der Waals surface area contributed by atoms with Crippen molar-refractivity contribution in [1.29, 1.82) is 0 Å². The van der Waals surface area contributed by atoms with E-state index in [-0.39, 0.29) is 0 Å². The summed E-state index contributed by atoms with van der Waals surface area (Å²) in [4.78, 5) is 0. The molecule has 0 bridgehead atoms. The lowest BCUT2D eigenvalue weighted by molar-refractivity contribution is 0.131. The first-order valence-electron chi connectivity index (χ1n) is 8.22. The van der Waals surface area contributed by atoms with Crippen LogP contribution in [0.15, 0.2) is 0 Å². The van der Waals surface area contributed by atoms with E-state index in [4.69, 9.17) is 4.74 Å². The molecule has 0 aromatic carbocycles. The number of ether oxygens (including phenoxy) is 1. The molecule has 1 aliphatic rings. The molecule has 0 heterocycles. The fraction of sp³-hybridized carbons (Fsp3) is 1.00. The molecule has 0 unspecified atom stereocenters. The lowest BCUT2D eigenvalue weighted by Gasteiger charge is -2.10. The second-order valence-corrected chi connectivity index (χ2v) is 5.73. The molecule has 0 atom stereocenters. The Labute approximate surface area is 114 Å². The minimum atomic E-state index is 0.891. The predicted molar refractivity (Wildman–Crippen MR) is 79.0 cm³/mol. The van der Waals surface area contributed by atoms with Crippen LogP contribution in [0.25, 0.3) is 0 Å². The third-order valence-corrected chi connectivity index (χ3v) is 3.97. The van der Waals surface area contributed by atoms with Gasteiger partial charge in [0.05, 0.1) is 6.61 Å². The van der Waals surface area contributed by atoms with Gasteiger partial charge in [0.1, 0.15) is 0 Å². The molecule has 2 heteroatoms. The summed E-state index contributed by atoms with van der Waals surface area (Å²) in [6, 6.07) is 0. The summed E-state index contributed by atoms with van der Waals surface area (Å²) >= 11 is 0. The molecule has 2 nitrogen and oxygen atoms in total. The van der Waals surface area contributed by atoms with E-state index in [0.717, 1.165) is 25.7 Å². The molecule has 1 N–H and O–H groups in total. The Kier molecular flexibility index (Phi) is 10.6. The average molecular weight is 255 g/mol. The van der Waals surface area contributed by atoms with Crippen LogP contribution in [0, 0.1) is 5.92 Å². The summed E-state index contributed by atoms with van der Waals surface area (Å²) in [6.45, 7) is 6.35. The van der Waals surface area contributed by atoms with Crippen LogP contribution in [-0.4, -0.2) is 26.3 Å². The van der Waals surface area contributed by atoms with Crippen LogP contribution in [0.1, 0.15) is 71.1 Å². The molecular weight excluding hydrogens is 222 g/mol. The zero-order chi connectivity index (χ0) is 12.9. The van der Waals surface area contributed by atoms with Gasteiger partial charge in [0.2, 0.25) is 0 Å². The van der Waals surface area contributed by atoms with Gasteiger partial charge in [-0.3, -0.25) is 0 Å². The Morgan fingerprint density at radius 3 is 2.44 bits per heavy atom. The van der Waals surface area contributed by atoms with Gasteiger partial charge in [-0.25, -0.2) is 0 Å². The Hall–Kier alpha value is -0.0800. The van der Waals surface area contributed by atoms with Gasteiger partial charge >= 0.3 is 0 Å². The maximum atomic E-state index is 5.64. The highest BCUT2D eigenvalue weighted by atomic mass is 16.5. The average Bonchev–Trinajstić information content (AvgIpc) is 2.89. The molecule has 0 radical (unpaired) electrons. The summed E-state index contributed by atoms with van der Waals surface area (Å²) < 4.78 is 5.64. The van der Waals surface area contributed by atoms with Crippen molar-refractivity contribution in [2.45, 2.75) is 71.1 Å². The molecule has 18 heavy (non-hydrogen) atoms. The second kappa shape index (κ2) is 12.0. The lowest BCUT2D eigenvalue weighted by atomic mass is 10.1. The van der Waals surface area contributed by atoms with Crippen molar-refractivity contribution in [1.82, 2.24) is 5.32 Å². The monoisotopic (exact) mass is 255 g/mol. The molecule has 1 fully saturated rings. The molecule has 0 aromatic heterocycles. The van der Waals surface area contributed by atoms with Crippen LogP contribution in [-0.2, 0) is 4.74 Å². The van der Waals surface area contributed by atoms with Crippen molar-refractivity contribution in [3.63, 3.8) is 0 Å². The molecule has 0 aromatic rings. The van der Waals surface area contributed by atoms with Crippen molar-refractivity contribution < 1.29 is 4.74 Å². The minimum Gasteiger partial charge on any atom is -0.380 e. The molecule has 0 spiro atoms. The zero-order valence-electron chi connectivity index (χ0n) is 12.4. The van der Waals surface area contributed by atoms with Crippen molar-refractivity contribution in [2.75, 3.05) is 26.3 Å². The number of rotatable bonds is 12. The van der Waals surface area contributed by atoms with E-state index >= 15 is 0 Å². The third kappa shape index (κ3) is 8.93. The van der Waals surface area contributed by atoms with Crippen molar-refractivity contribution in [3.8, 4) is 0 Å². The molecule has 1 saturated carbocycles. The molecule has 0 aliphatic heterocycles. The lowest BCUT2D eigenvalue weighted by Crippen LogP contribution is -2.25. The van der Waals surface area contributed by atoms with E-state index in [1.54, 1.807) is 0 Å². The van der Waals surface area contributed by atoms with E-state index in [2.05, 4.69) is 12.2 Å². The SMILES string of the molecule is CCCCCCCCOCCNCC1CCCC1. The second-order valence-electron chi connectivity index (χ2n) is 5.73. The topological polar surface area (TPSA) is 21.3 Å². The number of hydrogen-bond donors (Lipinski definition) is 1. The summed E-state index contributed by atoms with van der Waals surface area (Å²) in [7, 11) is 0. The summed E-state index contributed by atoms with van der Waals surface area (Å²) in [6.07, 6.45) is 13.9. The maximum absolute atomic E-state index is 5.64. The van der Waals surface area contributed by atoms with Gasteiger partial charge in [-0.05, 0) is 31.7 Å². The first kappa shape index (κ1) is 16.0. The Morgan fingerprint density at radius 1 is 0.944 bits per heavy atom. The summed E-state index contributed by atoms with van der Waals surface area (Å²) in [5.74, 6) is 0.948. The van der Waals surface area contributed by atoms with Crippen LogP contribution in [0.3, 0.4) is 0 Å². The van der Waals surface area contributed by atoms with Crippen LogP contribution in [0.2, 0.25) is 0 Å². The van der Waals surface area contributed by atoms with Gasteiger partial charge in [-0.1, -0.05) is 51.9 Å². The molecule has 0 saturated heterocycles. The summed E-state index contributed by atoms with van der Waals surface area (Å²) in [5, 5.41) is 3.52. The van der Waals surface area contributed by atoms with Crippen LogP contribution in [0.4, 0.5) is 0 Å². The first-order chi connectivity index (χ1) is 8.93. The van der Waals surface area contributed by atoms with Crippen molar-refractivity contribution >= 4 is 0 Å². The predicted octanol–water partition coefficient (Wildman–Crippen LogP) is 4.14. The van der Waals surface area contributed by atoms with Gasteiger partial charge in [-0.15, -0.1) is 0 Å². The normalized spacial score (nSPS) is 16.5. The smallest absolute Gasteiger partial charge is 0.0590 e. The van der Waals surface area contributed by atoms with Crippen LogP contribution in [0.5, 0.6) is 0 Å². The maximum Gasteiger partial charge on any atom is 0.0590 e. The van der Waals surface area contributed by atoms with E-state index in [1.807, 2.05) is 0 Å². The highest BCUT2D eigenvalue weighted by Crippen LogP contribution is 2.23. The van der Waals surface area contributed by atoms with Gasteiger partial charge in [0.25, 0.3) is 0 Å². The Balaban J connectivity index is 1.68. The van der Waals surface area contributed by atoms with E-state index in [0.29, 0.717) is 0 Å². The quantitative estimate of drug-likeness (QED) is 0.529. The van der Waals surface area contributed by atoms with Crippen molar-refractivity contribution in [2.24, 2.45) is 5.92 Å². The van der Waals surface area contributed by atoms with E-state index in [1.165, 1.54) is 70.8 Å². The van der Waals surface area contributed by atoms with E-state index < -0.39 is 0 Å². The van der Waals surface area contributed by atoms with Gasteiger partial charge in [0, 0.05) is 13.2 Å². The molecule has 0 amide bonds. The van der Waals surface area contributed by atoms with Crippen LogP contribution >= 0.6 is 0 Å². The number of nitrogens with one attached hydrogen (secondary N) is 1. The molecule has 1 aliphatic carbocycles. The molecule has 1 rings (SSSR count). The number of unbranched alkanes of at least 4 members (excludes halogenated alkanes) is 5. The fourth-order valence-electron chi connectivity index (χ4n) is 2.75. The van der Waals surface area contributed by atoms with Gasteiger partial charge in [0.15, 0.2) is 0 Å². The van der Waals surface area contributed by atoms with Gasteiger partial charge in [-0.2, -0.15) is 0 Å². The first-order valence-corrected chi connectivity index (χ1v) is 8.22. The zero-order valence-corrected chi connectivity index (χ0v) is 12.4. The third-order valence-electron chi connectivity index (χ3n) is 3.97. The minimum absolute atomic E-state index is 0.891. The molecular formula is C16H33NO. The molecule has 108 valence electrons. The Bertz CT molecular complexity index is 166. The van der Waals surface area contributed by atoms with Crippen molar-refractivity contribution in [3.05, 3.63) is 0 Å². The highest BCUT2D eigenvalue weighted by molar-refractivity contribution is 4.69. The summed E-state index contributed by atoms with van der Waals surface area (Å²) in [5.41, 5.74) is 0. The highest BCUT2D eigenvalue weighted by Gasteiger charge is 2.13. The van der Waals surface area contributed by atoms with Gasteiger partial charge < -0.3 is 10.1 Å². The van der Waals surface area contributed by atoms with Crippen LogP contribution < -0.4 is 5.32 Å².